The molecule has 4 aromatic rings. The molecule has 0 saturated carbocycles. The van der Waals surface area contributed by atoms with Crippen LogP contribution in [-0.4, -0.2) is 27.8 Å². The molecule has 2 heterocycles. The van der Waals surface area contributed by atoms with E-state index in [4.69, 9.17) is 21.1 Å². The van der Waals surface area contributed by atoms with Gasteiger partial charge in [-0.25, -0.2) is 14.5 Å². The molecule has 0 fully saturated rings. The number of hydrogen-bond acceptors (Lipinski definition) is 5. The Morgan fingerprint density at radius 1 is 1.00 bits per heavy atom. The third-order valence-electron chi connectivity index (χ3n) is 4.73. The zero-order chi connectivity index (χ0) is 26.3. The van der Waals surface area contributed by atoms with Crippen LogP contribution in [0.15, 0.2) is 79.3 Å². The molecule has 0 aliphatic heterocycles. The van der Waals surface area contributed by atoms with Crippen molar-refractivity contribution >= 4 is 17.6 Å². The van der Waals surface area contributed by atoms with Crippen molar-refractivity contribution in [3.8, 4) is 11.4 Å². The second kappa shape index (κ2) is 15.4. The van der Waals surface area contributed by atoms with E-state index < -0.39 is 5.97 Å². The lowest BCUT2D eigenvalue weighted by molar-refractivity contribution is 0.0593. The number of rotatable bonds is 7. The molecule has 2 aromatic heterocycles. The van der Waals surface area contributed by atoms with Crippen LogP contribution >= 0.6 is 11.6 Å². The molecule has 0 unspecified atom stereocenters. The van der Waals surface area contributed by atoms with Crippen LogP contribution in [0.5, 0.6) is 5.75 Å². The van der Waals surface area contributed by atoms with E-state index in [1.807, 2.05) is 74.6 Å². The van der Waals surface area contributed by atoms with Crippen LogP contribution in [0.3, 0.4) is 0 Å². The highest BCUT2D eigenvalue weighted by Crippen LogP contribution is 2.24. The van der Waals surface area contributed by atoms with Gasteiger partial charge in [0.25, 0.3) is 0 Å². The Morgan fingerprint density at radius 3 is 2.33 bits per heavy atom. The fourth-order valence-corrected chi connectivity index (χ4v) is 3.38. The number of nitrogens with zero attached hydrogens (tertiary/aromatic N) is 3. The average molecular weight is 508 g/mol. The van der Waals surface area contributed by atoms with Crippen LogP contribution in [-0.2, 0) is 17.8 Å². The van der Waals surface area contributed by atoms with E-state index in [0.29, 0.717) is 23.8 Å². The third kappa shape index (κ3) is 8.54. The van der Waals surface area contributed by atoms with Gasteiger partial charge in [0.1, 0.15) is 18.1 Å². The van der Waals surface area contributed by atoms with Crippen LogP contribution in [0.25, 0.3) is 5.69 Å². The zero-order valence-corrected chi connectivity index (χ0v) is 22.3. The number of ether oxygens (including phenoxy) is 2. The van der Waals surface area contributed by atoms with Gasteiger partial charge in [0.2, 0.25) is 0 Å². The predicted octanol–water partition coefficient (Wildman–Crippen LogP) is 7.32. The van der Waals surface area contributed by atoms with E-state index >= 15 is 0 Å². The minimum atomic E-state index is -0.489. The van der Waals surface area contributed by atoms with Crippen LogP contribution < -0.4 is 4.74 Å². The van der Waals surface area contributed by atoms with E-state index in [2.05, 4.69) is 23.9 Å². The first-order valence-electron chi connectivity index (χ1n) is 12.1. The van der Waals surface area contributed by atoms with Gasteiger partial charge in [-0.15, -0.1) is 0 Å². The van der Waals surface area contributed by atoms with Crippen molar-refractivity contribution in [3.05, 3.63) is 107 Å². The van der Waals surface area contributed by atoms with Crippen molar-refractivity contribution in [2.45, 2.75) is 47.1 Å². The largest absolute Gasteiger partial charge is 0.487 e. The van der Waals surface area contributed by atoms with Crippen LogP contribution in [0.4, 0.5) is 0 Å². The van der Waals surface area contributed by atoms with Gasteiger partial charge in [0.05, 0.1) is 19.0 Å². The maximum absolute atomic E-state index is 12.0. The molecule has 0 N–H and O–H groups in total. The summed E-state index contributed by atoms with van der Waals surface area (Å²) in [6.45, 7) is 8.59. The van der Waals surface area contributed by atoms with Crippen LogP contribution in [0, 0.1) is 0 Å². The number of benzene rings is 2. The smallest absolute Gasteiger partial charge is 0.356 e. The molecule has 7 heteroatoms. The number of carbonyl (C=O) groups excluding carboxylic acids is 1. The quantitative estimate of drug-likeness (QED) is 0.245. The Morgan fingerprint density at radius 2 is 1.72 bits per heavy atom. The summed E-state index contributed by atoms with van der Waals surface area (Å²) in [6, 6.07) is 19.1. The lowest BCUT2D eigenvalue weighted by atomic mass is 10.0. The van der Waals surface area contributed by atoms with Crippen LogP contribution in [0.2, 0.25) is 5.02 Å². The molecular formula is C29H34ClN3O3. The van der Waals surface area contributed by atoms with Crippen molar-refractivity contribution in [3.63, 3.8) is 0 Å². The highest BCUT2D eigenvalue weighted by atomic mass is 35.5. The standard InChI is InChI=1S/C24H20ClN3O3.C3H8.C2H6/c1-30-24(29)22-14-19(12-17-6-8-21(9-7-17)28-11-3-10-27-28)23(15-26-22)31-16-18-4-2-5-20(25)13-18;1-3-2;1-2/h2-11,13-15H,12,16H2,1H3;3H2,1-2H3;1-2H3. The monoisotopic (exact) mass is 507 g/mol. The van der Waals surface area contributed by atoms with Gasteiger partial charge in [-0.3, -0.25) is 0 Å². The highest BCUT2D eigenvalue weighted by molar-refractivity contribution is 6.30. The second-order valence-electron chi connectivity index (χ2n) is 7.59. The maximum Gasteiger partial charge on any atom is 0.356 e. The Hall–Kier alpha value is -3.64. The fraction of sp³-hybridized carbons (Fsp3) is 0.276. The molecule has 6 nitrogen and oxygen atoms in total. The van der Waals surface area contributed by atoms with Gasteiger partial charge < -0.3 is 9.47 Å². The van der Waals surface area contributed by atoms with E-state index in [-0.39, 0.29) is 5.69 Å². The van der Waals surface area contributed by atoms with Crippen molar-refractivity contribution < 1.29 is 14.3 Å². The molecule has 0 radical (unpaired) electrons. The van der Waals surface area contributed by atoms with Crippen molar-refractivity contribution in [2.24, 2.45) is 0 Å². The molecule has 2 aromatic carbocycles. The van der Waals surface area contributed by atoms with Gasteiger partial charge >= 0.3 is 5.97 Å². The Labute approximate surface area is 218 Å². The van der Waals surface area contributed by atoms with E-state index in [1.54, 1.807) is 23.1 Å². The topological polar surface area (TPSA) is 66.2 Å². The molecule has 0 bridgehead atoms. The molecule has 0 aliphatic rings. The molecule has 0 amide bonds. The summed E-state index contributed by atoms with van der Waals surface area (Å²) in [7, 11) is 1.33. The lowest BCUT2D eigenvalue weighted by Gasteiger charge is -2.13. The number of carbonyl (C=O) groups is 1. The van der Waals surface area contributed by atoms with Gasteiger partial charge in [-0.1, -0.05) is 70.0 Å². The normalized spacial score (nSPS) is 9.83. The molecule has 0 aliphatic carbocycles. The van der Waals surface area contributed by atoms with Crippen molar-refractivity contribution in [1.29, 1.82) is 0 Å². The summed E-state index contributed by atoms with van der Waals surface area (Å²) in [5.74, 6) is 0.112. The number of pyridine rings is 1. The average Bonchev–Trinajstić information content (AvgIpc) is 3.45. The summed E-state index contributed by atoms with van der Waals surface area (Å²) in [6.07, 6.45) is 7.01. The Balaban J connectivity index is 0.000000850. The van der Waals surface area contributed by atoms with Gasteiger partial charge in [-0.2, -0.15) is 5.10 Å². The molecule has 0 saturated heterocycles. The van der Waals surface area contributed by atoms with E-state index in [1.165, 1.54) is 13.5 Å². The summed E-state index contributed by atoms with van der Waals surface area (Å²) < 4.78 is 12.6. The molecule has 0 atom stereocenters. The first-order valence-corrected chi connectivity index (χ1v) is 12.4. The zero-order valence-electron chi connectivity index (χ0n) is 21.6. The SMILES string of the molecule is CC.CCC.COC(=O)c1cc(Cc2ccc(-n3cccn3)cc2)c(OCc2cccc(Cl)c2)cn1. The summed E-state index contributed by atoms with van der Waals surface area (Å²) >= 11 is 6.06. The molecule has 36 heavy (non-hydrogen) atoms. The van der Waals surface area contributed by atoms with E-state index in [9.17, 15) is 4.79 Å². The number of hydrogen-bond donors (Lipinski definition) is 0. The fourth-order valence-electron chi connectivity index (χ4n) is 3.16. The third-order valence-corrected chi connectivity index (χ3v) is 4.96. The highest BCUT2D eigenvalue weighted by Gasteiger charge is 2.14. The maximum atomic E-state index is 12.0. The Kier molecular flexibility index (Phi) is 12.2. The summed E-state index contributed by atoms with van der Waals surface area (Å²) in [5.41, 5.74) is 4.05. The lowest BCUT2D eigenvalue weighted by Crippen LogP contribution is -2.07. The number of aromatic nitrogens is 3. The molecule has 4 rings (SSSR count). The molecular weight excluding hydrogens is 474 g/mol. The summed E-state index contributed by atoms with van der Waals surface area (Å²) in [5, 5.41) is 4.89. The number of halogens is 1. The number of methoxy groups -OCH3 is 1. The van der Waals surface area contributed by atoms with Crippen molar-refractivity contribution in [1.82, 2.24) is 14.8 Å². The van der Waals surface area contributed by atoms with Gasteiger partial charge in [0.15, 0.2) is 0 Å². The van der Waals surface area contributed by atoms with Crippen LogP contribution in [0.1, 0.15) is 61.3 Å². The molecule has 0 spiro atoms. The predicted molar refractivity (Wildman–Crippen MR) is 145 cm³/mol. The van der Waals surface area contributed by atoms with Crippen molar-refractivity contribution in [2.75, 3.05) is 7.11 Å². The minimum Gasteiger partial charge on any atom is -0.487 e. The first-order chi connectivity index (χ1) is 17.5. The van der Waals surface area contributed by atoms with E-state index in [0.717, 1.165) is 22.4 Å². The number of esters is 1. The summed E-state index contributed by atoms with van der Waals surface area (Å²) in [4.78, 5) is 16.2. The minimum absolute atomic E-state index is 0.237. The van der Waals surface area contributed by atoms with Gasteiger partial charge in [-0.05, 0) is 47.5 Å². The van der Waals surface area contributed by atoms with Gasteiger partial charge in [0, 0.05) is 29.4 Å². The Bertz CT molecular complexity index is 1190. The molecule has 190 valence electrons. The first kappa shape index (κ1) is 28.6. The second-order valence-corrected chi connectivity index (χ2v) is 8.02.